The van der Waals surface area contributed by atoms with Gasteiger partial charge < -0.3 is 25.3 Å². The number of rotatable bonds is 9. The summed E-state index contributed by atoms with van der Waals surface area (Å²) in [6.07, 6.45) is 7.03. The number of hydrogen-bond donors (Lipinski definition) is 2. The maximum Gasteiger partial charge on any atom is 0.203 e. The van der Waals surface area contributed by atoms with Crippen LogP contribution in [0.15, 0.2) is 72.9 Å². The lowest BCUT2D eigenvalue weighted by Gasteiger charge is -2.12. The third kappa shape index (κ3) is 5.49. The van der Waals surface area contributed by atoms with Gasteiger partial charge in [-0.1, -0.05) is 36.4 Å². The first-order chi connectivity index (χ1) is 15.5. The van der Waals surface area contributed by atoms with Gasteiger partial charge in [0.2, 0.25) is 5.75 Å². The molecule has 0 heterocycles. The molecule has 0 aliphatic rings. The van der Waals surface area contributed by atoms with E-state index >= 15 is 0 Å². The van der Waals surface area contributed by atoms with E-state index in [9.17, 15) is 4.79 Å². The fraction of sp³-hybridized carbons (Fsp3) is 0.115. The average Bonchev–Trinajstić information content (AvgIpc) is 2.82. The second kappa shape index (κ2) is 10.7. The Hall–Kier alpha value is -4.19. The molecule has 32 heavy (non-hydrogen) atoms. The van der Waals surface area contributed by atoms with Gasteiger partial charge in [0.25, 0.3) is 0 Å². The van der Waals surface area contributed by atoms with Crippen molar-refractivity contribution in [3.8, 4) is 17.2 Å². The quantitative estimate of drug-likeness (QED) is 0.208. The molecule has 0 aromatic heterocycles. The lowest BCUT2D eigenvalue weighted by Crippen LogP contribution is -2.01. The summed E-state index contributed by atoms with van der Waals surface area (Å²) in [5, 5.41) is 3.10. The molecular weight excluding hydrogens is 404 g/mol. The molecule has 3 rings (SSSR count). The number of ether oxygens (including phenoxy) is 3. The van der Waals surface area contributed by atoms with E-state index in [1.54, 1.807) is 51.8 Å². The first-order valence-electron chi connectivity index (χ1n) is 9.95. The molecule has 6 heteroatoms. The Balaban J connectivity index is 1.65. The summed E-state index contributed by atoms with van der Waals surface area (Å²) >= 11 is 0. The number of hydrogen-bond acceptors (Lipinski definition) is 6. The van der Waals surface area contributed by atoms with Crippen LogP contribution in [0, 0.1) is 0 Å². The minimum absolute atomic E-state index is 0.152. The molecule has 0 saturated heterocycles. The molecule has 3 aromatic rings. The van der Waals surface area contributed by atoms with Crippen LogP contribution in [0.4, 0.5) is 11.4 Å². The molecule has 0 atom stereocenters. The number of para-hydroxylation sites is 1. The van der Waals surface area contributed by atoms with E-state index in [-0.39, 0.29) is 5.78 Å². The Bertz CT molecular complexity index is 1110. The maximum atomic E-state index is 12.2. The monoisotopic (exact) mass is 430 g/mol. The van der Waals surface area contributed by atoms with Crippen molar-refractivity contribution in [2.75, 3.05) is 32.4 Å². The van der Waals surface area contributed by atoms with Crippen LogP contribution >= 0.6 is 0 Å². The van der Waals surface area contributed by atoms with Crippen LogP contribution in [0.25, 0.3) is 12.2 Å². The zero-order valence-corrected chi connectivity index (χ0v) is 18.3. The average molecular weight is 431 g/mol. The van der Waals surface area contributed by atoms with E-state index in [1.807, 2.05) is 48.6 Å². The molecular formula is C26H26N2O4. The van der Waals surface area contributed by atoms with Crippen LogP contribution < -0.4 is 25.3 Å². The van der Waals surface area contributed by atoms with Crippen LogP contribution in [0.2, 0.25) is 0 Å². The summed E-state index contributed by atoms with van der Waals surface area (Å²) in [5.74, 6) is 1.61. The summed E-state index contributed by atoms with van der Waals surface area (Å²) < 4.78 is 16.1. The van der Waals surface area contributed by atoms with E-state index < -0.39 is 0 Å². The zero-order chi connectivity index (χ0) is 22.9. The Morgan fingerprint density at radius 2 is 1.47 bits per heavy atom. The van der Waals surface area contributed by atoms with Crippen molar-refractivity contribution in [1.29, 1.82) is 0 Å². The topological polar surface area (TPSA) is 82.8 Å². The first-order valence-corrected chi connectivity index (χ1v) is 9.95. The molecule has 0 amide bonds. The van der Waals surface area contributed by atoms with Gasteiger partial charge in [-0.15, -0.1) is 0 Å². The highest BCUT2D eigenvalue weighted by atomic mass is 16.5. The Morgan fingerprint density at radius 3 is 2.06 bits per heavy atom. The van der Waals surface area contributed by atoms with Crippen molar-refractivity contribution < 1.29 is 19.0 Å². The highest BCUT2D eigenvalue weighted by molar-refractivity contribution is 6.08. The number of nitrogens with one attached hydrogen (secondary N) is 1. The second-order valence-electron chi connectivity index (χ2n) is 6.84. The third-order valence-corrected chi connectivity index (χ3v) is 4.78. The van der Waals surface area contributed by atoms with Gasteiger partial charge in [-0.3, -0.25) is 4.79 Å². The van der Waals surface area contributed by atoms with Crippen LogP contribution in [-0.2, 0) is 0 Å². The Kier molecular flexibility index (Phi) is 7.54. The van der Waals surface area contributed by atoms with Crippen LogP contribution in [0.5, 0.6) is 17.2 Å². The van der Waals surface area contributed by atoms with Gasteiger partial charge in [-0.05, 0) is 47.5 Å². The van der Waals surface area contributed by atoms with Crippen molar-refractivity contribution in [2.24, 2.45) is 0 Å². The SMILES string of the molecule is COc1cc(/C=C\c2ccc(N/C=C\C(=O)c3ccccc3N)cc2)cc(OC)c1OC. The summed E-state index contributed by atoms with van der Waals surface area (Å²) in [5.41, 5.74) is 9.58. The van der Waals surface area contributed by atoms with Crippen LogP contribution in [0.3, 0.4) is 0 Å². The zero-order valence-electron chi connectivity index (χ0n) is 18.3. The predicted octanol–water partition coefficient (Wildman–Crippen LogP) is 5.27. The molecule has 3 aromatic carbocycles. The molecule has 0 unspecified atom stereocenters. The van der Waals surface area contributed by atoms with Crippen molar-refractivity contribution in [3.63, 3.8) is 0 Å². The molecule has 0 radical (unpaired) electrons. The van der Waals surface area contributed by atoms with E-state index in [2.05, 4.69) is 5.32 Å². The van der Waals surface area contributed by atoms with Crippen molar-refractivity contribution >= 4 is 29.3 Å². The van der Waals surface area contributed by atoms with Gasteiger partial charge in [-0.25, -0.2) is 0 Å². The largest absolute Gasteiger partial charge is 0.493 e. The van der Waals surface area contributed by atoms with E-state index in [1.165, 1.54) is 6.08 Å². The first kappa shape index (κ1) is 22.5. The number of carbonyl (C=O) groups excluding carboxylic acids is 1. The second-order valence-corrected chi connectivity index (χ2v) is 6.84. The van der Waals surface area contributed by atoms with Crippen molar-refractivity contribution in [1.82, 2.24) is 0 Å². The molecule has 164 valence electrons. The molecule has 0 bridgehead atoms. The highest BCUT2D eigenvalue weighted by Gasteiger charge is 2.12. The van der Waals surface area contributed by atoms with Gasteiger partial charge in [0.1, 0.15) is 0 Å². The number of nitrogens with two attached hydrogens (primary N) is 1. The fourth-order valence-corrected chi connectivity index (χ4v) is 3.11. The summed E-state index contributed by atoms with van der Waals surface area (Å²) in [6, 6.07) is 18.6. The number of methoxy groups -OCH3 is 3. The lowest BCUT2D eigenvalue weighted by molar-refractivity contribution is 0.104. The van der Waals surface area contributed by atoms with Gasteiger partial charge in [0, 0.05) is 29.2 Å². The van der Waals surface area contributed by atoms with Crippen LogP contribution in [-0.4, -0.2) is 27.1 Å². The van der Waals surface area contributed by atoms with Crippen LogP contribution in [0.1, 0.15) is 21.5 Å². The molecule has 3 N–H and O–H groups in total. The van der Waals surface area contributed by atoms with Crippen molar-refractivity contribution in [2.45, 2.75) is 0 Å². The fourth-order valence-electron chi connectivity index (χ4n) is 3.11. The molecule has 0 saturated carbocycles. The number of benzene rings is 3. The molecule has 0 spiro atoms. The van der Waals surface area contributed by atoms with E-state index in [0.717, 1.165) is 16.8 Å². The van der Waals surface area contributed by atoms with Crippen molar-refractivity contribution in [3.05, 3.63) is 89.6 Å². The predicted molar refractivity (Wildman–Crippen MR) is 129 cm³/mol. The molecule has 6 nitrogen and oxygen atoms in total. The number of ketones is 1. The lowest BCUT2D eigenvalue weighted by atomic mass is 10.1. The maximum absolute atomic E-state index is 12.2. The molecule has 0 aliphatic carbocycles. The number of nitrogen functional groups attached to an aromatic ring is 1. The van der Waals surface area contributed by atoms with E-state index in [0.29, 0.717) is 28.5 Å². The summed E-state index contributed by atoms with van der Waals surface area (Å²) in [7, 11) is 4.76. The van der Waals surface area contributed by atoms with Gasteiger partial charge in [-0.2, -0.15) is 0 Å². The number of allylic oxidation sites excluding steroid dienone is 1. The standard InChI is InChI=1S/C26H26N2O4/c1-30-24-16-19(17-25(31-2)26(24)32-3)9-8-18-10-12-20(13-11-18)28-15-14-23(29)21-6-4-5-7-22(21)27/h4-17,28H,27H2,1-3H3/b9-8-,15-14-. The Morgan fingerprint density at radius 1 is 0.844 bits per heavy atom. The summed E-state index contributed by atoms with van der Waals surface area (Å²) in [4.78, 5) is 12.2. The smallest absolute Gasteiger partial charge is 0.203 e. The number of carbonyl (C=O) groups is 1. The third-order valence-electron chi connectivity index (χ3n) is 4.78. The van der Waals surface area contributed by atoms with Gasteiger partial charge >= 0.3 is 0 Å². The van der Waals surface area contributed by atoms with Gasteiger partial charge in [0.05, 0.1) is 21.3 Å². The minimum atomic E-state index is -0.152. The minimum Gasteiger partial charge on any atom is -0.493 e. The molecule has 0 fully saturated rings. The van der Waals surface area contributed by atoms with E-state index in [4.69, 9.17) is 19.9 Å². The number of anilines is 2. The normalized spacial score (nSPS) is 11.0. The highest BCUT2D eigenvalue weighted by Crippen LogP contribution is 2.38. The summed E-state index contributed by atoms with van der Waals surface area (Å²) in [6.45, 7) is 0. The van der Waals surface area contributed by atoms with Gasteiger partial charge in [0.15, 0.2) is 17.3 Å². The Labute approximate surface area is 187 Å². The molecule has 0 aliphatic heterocycles.